The van der Waals surface area contributed by atoms with Crippen LogP contribution in [0.4, 0.5) is 24.8 Å². The fourth-order valence-electron chi connectivity index (χ4n) is 1.83. The third-order valence-electron chi connectivity index (χ3n) is 2.97. The van der Waals surface area contributed by atoms with Crippen molar-refractivity contribution in [1.29, 1.82) is 0 Å². The number of amides is 1. The van der Waals surface area contributed by atoms with Crippen LogP contribution in [0.25, 0.3) is 0 Å². The Hall–Kier alpha value is -2.97. The first kappa shape index (κ1) is 17.4. The van der Waals surface area contributed by atoms with E-state index in [9.17, 15) is 18.0 Å². The van der Waals surface area contributed by atoms with Crippen LogP contribution in [0.1, 0.15) is 15.9 Å². The van der Waals surface area contributed by atoms with Crippen LogP contribution in [0.3, 0.4) is 0 Å². The number of nitrogens with zero attached hydrogens (tertiary/aromatic N) is 1. The minimum absolute atomic E-state index is 0.0170. The van der Waals surface area contributed by atoms with Gasteiger partial charge in [0.2, 0.25) is 0 Å². The van der Waals surface area contributed by atoms with Gasteiger partial charge in [0.1, 0.15) is 17.4 Å². The second-order valence-electron chi connectivity index (χ2n) is 4.90. The SMILES string of the molecule is Nc1ccc(C(=O)NCc2ccc(OCC(F)(F)F)cc2)c(N)n1. The van der Waals surface area contributed by atoms with E-state index in [4.69, 9.17) is 11.5 Å². The third-order valence-corrected chi connectivity index (χ3v) is 2.97. The van der Waals surface area contributed by atoms with Crippen molar-refractivity contribution in [1.82, 2.24) is 10.3 Å². The Kier molecular flexibility index (Phi) is 5.12. The molecule has 1 aromatic heterocycles. The Morgan fingerprint density at radius 2 is 1.79 bits per heavy atom. The van der Waals surface area contributed by atoms with Crippen molar-refractivity contribution in [3.05, 3.63) is 47.5 Å². The molecule has 128 valence electrons. The first-order valence-corrected chi connectivity index (χ1v) is 6.83. The summed E-state index contributed by atoms with van der Waals surface area (Å²) in [6.07, 6.45) is -4.39. The van der Waals surface area contributed by atoms with Gasteiger partial charge in [-0.15, -0.1) is 0 Å². The van der Waals surface area contributed by atoms with Gasteiger partial charge < -0.3 is 21.5 Å². The topological polar surface area (TPSA) is 103 Å². The van der Waals surface area contributed by atoms with Crippen LogP contribution in [0, 0.1) is 0 Å². The minimum Gasteiger partial charge on any atom is -0.484 e. The van der Waals surface area contributed by atoms with Crippen molar-refractivity contribution in [2.45, 2.75) is 12.7 Å². The number of halogens is 3. The Labute approximate surface area is 135 Å². The molecule has 6 nitrogen and oxygen atoms in total. The van der Waals surface area contributed by atoms with E-state index in [1.54, 1.807) is 12.1 Å². The predicted octanol–water partition coefficient (Wildman–Crippen LogP) is 2.12. The predicted molar refractivity (Wildman–Crippen MR) is 82.2 cm³/mol. The summed E-state index contributed by atoms with van der Waals surface area (Å²) >= 11 is 0. The van der Waals surface area contributed by atoms with Crippen molar-refractivity contribution in [2.24, 2.45) is 0 Å². The number of rotatable bonds is 5. The van der Waals surface area contributed by atoms with E-state index >= 15 is 0 Å². The van der Waals surface area contributed by atoms with Gasteiger partial charge >= 0.3 is 6.18 Å². The van der Waals surface area contributed by atoms with Crippen LogP contribution in [-0.4, -0.2) is 23.7 Å². The van der Waals surface area contributed by atoms with E-state index in [0.717, 1.165) is 0 Å². The fourth-order valence-corrected chi connectivity index (χ4v) is 1.83. The quantitative estimate of drug-likeness (QED) is 0.773. The molecule has 1 heterocycles. The van der Waals surface area contributed by atoms with E-state index in [0.29, 0.717) is 5.56 Å². The molecular weight excluding hydrogens is 325 g/mol. The largest absolute Gasteiger partial charge is 0.484 e. The van der Waals surface area contributed by atoms with Gasteiger partial charge in [0.15, 0.2) is 6.61 Å². The number of alkyl halides is 3. The molecule has 5 N–H and O–H groups in total. The highest BCUT2D eigenvalue weighted by Crippen LogP contribution is 2.19. The maximum Gasteiger partial charge on any atom is 0.422 e. The number of carbonyl (C=O) groups excluding carboxylic acids is 1. The molecule has 0 aliphatic heterocycles. The molecule has 24 heavy (non-hydrogen) atoms. The summed E-state index contributed by atoms with van der Waals surface area (Å²) in [7, 11) is 0. The van der Waals surface area contributed by atoms with Gasteiger partial charge in [0, 0.05) is 6.54 Å². The monoisotopic (exact) mass is 340 g/mol. The average molecular weight is 340 g/mol. The Morgan fingerprint density at radius 1 is 1.12 bits per heavy atom. The van der Waals surface area contributed by atoms with Gasteiger partial charge in [-0.05, 0) is 29.8 Å². The highest BCUT2D eigenvalue weighted by Gasteiger charge is 2.28. The molecule has 0 atom stereocenters. The van der Waals surface area contributed by atoms with Crippen molar-refractivity contribution < 1.29 is 22.7 Å². The number of pyridine rings is 1. The summed E-state index contributed by atoms with van der Waals surface area (Å²) in [4.78, 5) is 15.8. The lowest BCUT2D eigenvalue weighted by molar-refractivity contribution is -0.153. The number of nitrogens with one attached hydrogen (secondary N) is 1. The van der Waals surface area contributed by atoms with Gasteiger partial charge in [-0.3, -0.25) is 4.79 Å². The van der Waals surface area contributed by atoms with Crippen molar-refractivity contribution >= 4 is 17.5 Å². The number of benzene rings is 1. The van der Waals surface area contributed by atoms with E-state index in [-0.39, 0.29) is 29.5 Å². The van der Waals surface area contributed by atoms with E-state index < -0.39 is 18.7 Å². The van der Waals surface area contributed by atoms with Crippen LogP contribution >= 0.6 is 0 Å². The van der Waals surface area contributed by atoms with Gasteiger partial charge in [-0.25, -0.2) is 4.98 Å². The summed E-state index contributed by atoms with van der Waals surface area (Å²) in [6, 6.07) is 8.81. The van der Waals surface area contributed by atoms with E-state index in [1.165, 1.54) is 24.3 Å². The smallest absolute Gasteiger partial charge is 0.422 e. The molecule has 0 bridgehead atoms. The highest BCUT2D eigenvalue weighted by atomic mass is 19.4. The standard InChI is InChI=1S/C15H15F3N4O2/c16-15(17,18)8-24-10-3-1-9(2-4-10)7-21-14(23)11-5-6-12(19)22-13(11)20/h1-6H,7-8H2,(H,21,23)(H4,19,20,22). The number of hydrogen-bond acceptors (Lipinski definition) is 5. The second kappa shape index (κ2) is 7.07. The molecule has 0 fully saturated rings. The molecule has 2 rings (SSSR count). The fraction of sp³-hybridized carbons (Fsp3) is 0.200. The number of nitrogen functional groups attached to an aromatic ring is 2. The third kappa shape index (κ3) is 5.04. The molecule has 0 aliphatic rings. The number of carbonyl (C=O) groups is 1. The van der Waals surface area contributed by atoms with Crippen molar-refractivity contribution in [3.63, 3.8) is 0 Å². The van der Waals surface area contributed by atoms with Gasteiger partial charge in [0.05, 0.1) is 5.56 Å². The lowest BCUT2D eigenvalue weighted by atomic mass is 10.2. The van der Waals surface area contributed by atoms with Crippen LogP contribution in [0.2, 0.25) is 0 Å². The lowest BCUT2D eigenvalue weighted by Crippen LogP contribution is -2.24. The van der Waals surface area contributed by atoms with Crippen molar-refractivity contribution in [2.75, 3.05) is 18.1 Å². The first-order chi connectivity index (χ1) is 11.2. The number of hydrogen-bond donors (Lipinski definition) is 3. The zero-order valence-corrected chi connectivity index (χ0v) is 12.4. The average Bonchev–Trinajstić information content (AvgIpc) is 2.51. The molecule has 2 aromatic rings. The van der Waals surface area contributed by atoms with Gasteiger partial charge in [-0.1, -0.05) is 12.1 Å². The molecule has 0 aliphatic carbocycles. The van der Waals surface area contributed by atoms with Crippen LogP contribution < -0.4 is 21.5 Å². The maximum atomic E-state index is 12.1. The van der Waals surface area contributed by atoms with Gasteiger partial charge in [0.25, 0.3) is 5.91 Å². The Balaban J connectivity index is 1.91. The van der Waals surface area contributed by atoms with Crippen LogP contribution in [0.15, 0.2) is 36.4 Å². The minimum atomic E-state index is -4.39. The Morgan fingerprint density at radius 3 is 2.38 bits per heavy atom. The normalized spacial score (nSPS) is 11.1. The van der Waals surface area contributed by atoms with Crippen molar-refractivity contribution in [3.8, 4) is 5.75 Å². The van der Waals surface area contributed by atoms with Crippen LogP contribution in [0.5, 0.6) is 5.75 Å². The van der Waals surface area contributed by atoms with Crippen LogP contribution in [-0.2, 0) is 6.54 Å². The molecule has 0 spiro atoms. The molecule has 0 saturated heterocycles. The molecule has 0 radical (unpaired) electrons. The summed E-state index contributed by atoms with van der Waals surface area (Å²) in [5.41, 5.74) is 11.9. The molecule has 9 heteroatoms. The number of aromatic nitrogens is 1. The van der Waals surface area contributed by atoms with Gasteiger partial charge in [-0.2, -0.15) is 13.2 Å². The molecular formula is C15H15F3N4O2. The number of nitrogens with two attached hydrogens (primary N) is 2. The zero-order valence-electron chi connectivity index (χ0n) is 12.4. The maximum absolute atomic E-state index is 12.1. The summed E-state index contributed by atoms with van der Waals surface area (Å²) in [6.45, 7) is -1.19. The number of anilines is 2. The van der Waals surface area contributed by atoms with E-state index in [2.05, 4.69) is 15.0 Å². The summed E-state index contributed by atoms with van der Waals surface area (Å²) in [5.74, 6) is -0.117. The second-order valence-corrected chi connectivity index (χ2v) is 4.90. The summed E-state index contributed by atoms with van der Waals surface area (Å²) in [5, 5.41) is 2.63. The molecule has 0 saturated carbocycles. The molecule has 1 aromatic carbocycles. The summed E-state index contributed by atoms with van der Waals surface area (Å²) < 4.78 is 40.8. The first-order valence-electron chi connectivity index (χ1n) is 6.83. The number of ether oxygens (including phenoxy) is 1. The Bertz CT molecular complexity index is 718. The lowest BCUT2D eigenvalue weighted by Gasteiger charge is -2.10. The highest BCUT2D eigenvalue weighted by molar-refractivity contribution is 5.98. The zero-order chi connectivity index (χ0) is 17.7. The molecule has 1 amide bonds. The van der Waals surface area contributed by atoms with E-state index in [1.807, 2.05) is 0 Å². The molecule has 0 unspecified atom stereocenters.